The van der Waals surface area contributed by atoms with Gasteiger partial charge in [0.1, 0.15) is 6.04 Å². The molecule has 0 amide bonds. The predicted octanol–water partition coefficient (Wildman–Crippen LogP) is 1.47. The molecule has 1 saturated carbocycles. The Bertz CT molecular complexity index is 166. The third kappa shape index (κ3) is 3.77. The summed E-state index contributed by atoms with van der Waals surface area (Å²) < 4.78 is 4.98. The van der Waals surface area contributed by atoms with E-state index in [0.717, 1.165) is 12.8 Å². The molecule has 0 aromatic carbocycles. The number of hydrogen-bond donors (Lipinski definition) is 1. The minimum Gasteiger partial charge on any atom is -0.465 e. The third-order valence-corrected chi connectivity index (χ3v) is 2.16. The van der Waals surface area contributed by atoms with Crippen LogP contribution in [0, 0.1) is 0 Å². The van der Waals surface area contributed by atoms with Crippen molar-refractivity contribution < 1.29 is 9.53 Å². The average molecular weight is 185 g/mol. The lowest BCUT2D eigenvalue weighted by Crippen LogP contribution is -2.39. The highest BCUT2D eigenvalue weighted by Gasteiger charge is 2.28. The van der Waals surface area contributed by atoms with Crippen LogP contribution in [0.4, 0.5) is 0 Å². The summed E-state index contributed by atoms with van der Waals surface area (Å²) in [6.07, 6.45) is 4.32. The monoisotopic (exact) mass is 185 g/mol. The van der Waals surface area contributed by atoms with Gasteiger partial charge in [0.15, 0.2) is 0 Å². The standard InChI is InChI=1S/C10H19NO2/c1-3-5-9(10(12)13-4-2)11-8-6-7-8/h8-9,11H,3-7H2,1-2H3. The second-order valence-electron chi connectivity index (χ2n) is 3.53. The number of ether oxygens (including phenoxy) is 1. The van der Waals surface area contributed by atoms with Crippen molar-refractivity contribution in [2.24, 2.45) is 0 Å². The summed E-state index contributed by atoms with van der Waals surface area (Å²) in [7, 11) is 0. The van der Waals surface area contributed by atoms with Crippen LogP contribution in [0.1, 0.15) is 39.5 Å². The van der Waals surface area contributed by atoms with Gasteiger partial charge in [-0.15, -0.1) is 0 Å². The molecule has 1 N–H and O–H groups in total. The average Bonchev–Trinajstić information content (AvgIpc) is 2.88. The summed E-state index contributed by atoms with van der Waals surface area (Å²) in [5.74, 6) is -0.0868. The van der Waals surface area contributed by atoms with Crippen molar-refractivity contribution in [2.75, 3.05) is 6.61 Å². The van der Waals surface area contributed by atoms with Crippen molar-refractivity contribution >= 4 is 5.97 Å². The maximum atomic E-state index is 11.4. The molecule has 1 fully saturated rings. The first-order valence-electron chi connectivity index (χ1n) is 5.20. The van der Waals surface area contributed by atoms with E-state index in [4.69, 9.17) is 4.74 Å². The van der Waals surface area contributed by atoms with Crippen LogP contribution in [0.2, 0.25) is 0 Å². The lowest BCUT2D eigenvalue weighted by atomic mass is 10.1. The van der Waals surface area contributed by atoms with Crippen LogP contribution in [0.5, 0.6) is 0 Å². The van der Waals surface area contributed by atoms with E-state index in [1.807, 2.05) is 6.92 Å². The molecule has 1 unspecified atom stereocenters. The molecule has 3 nitrogen and oxygen atoms in total. The van der Waals surface area contributed by atoms with Crippen molar-refractivity contribution in [3.05, 3.63) is 0 Å². The van der Waals surface area contributed by atoms with Gasteiger partial charge in [-0.2, -0.15) is 0 Å². The summed E-state index contributed by atoms with van der Waals surface area (Å²) in [4.78, 5) is 11.4. The van der Waals surface area contributed by atoms with Gasteiger partial charge in [0.2, 0.25) is 0 Å². The zero-order chi connectivity index (χ0) is 9.68. The molecule has 13 heavy (non-hydrogen) atoms. The first-order valence-corrected chi connectivity index (χ1v) is 5.20. The Morgan fingerprint density at radius 2 is 2.23 bits per heavy atom. The van der Waals surface area contributed by atoms with Gasteiger partial charge in [0.25, 0.3) is 0 Å². The minimum atomic E-state index is -0.0868. The maximum absolute atomic E-state index is 11.4. The van der Waals surface area contributed by atoms with Gasteiger partial charge in [0.05, 0.1) is 6.61 Å². The van der Waals surface area contributed by atoms with Gasteiger partial charge in [0, 0.05) is 6.04 Å². The van der Waals surface area contributed by atoms with Crippen LogP contribution >= 0.6 is 0 Å². The SMILES string of the molecule is CCCC(NC1CC1)C(=O)OCC. The van der Waals surface area contributed by atoms with Crippen LogP contribution in [0.15, 0.2) is 0 Å². The van der Waals surface area contributed by atoms with Gasteiger partial charge in [-0.05, 0) is 26.2 Å². The molecule has 0 saturated heterocycles. The quantitative estimate of drug-likeness (QED) is 0.637. The molecule has 0 heterocycles. The van der Waals surface area contributed by atoms with Crippen molar-refractivity contribution in [3.8, 4) is 0 Å². The fraction of sp³-hybridized carbons (Fsp3) is 0.900. The Morgan fingerprint density at radius 3 is 2.69 bits per heavy atom. The smallest absolute Gasteiger partial charge is 0.323 e. The van der Waals surface area contributed by atoms with Gasteiger partial charge < -0.3 is 10.1 Å². The Labute approximate surface area is 79.8 Å². The van der Waals surface area contributed by atoms with E-state index < -0.39 is 0 Å². The summed E-state index contributed by atoms with van der Waals surface area (Å²) in [5.41, 5.74) is 0. The van der Waals surface area contributed by atoms with Crippen LogP contribution in [0.25, 0.3) is 0 Å². The molecule has 3 heteroatoms. The molecule has 0 aliphatic heterocycles. The second-order valence-corrected chi connectivity index (χ2v) is 3.53. The number of carbonyl (C=O) groups excluding carboxylic acids is 1. The van der Waals surface area contributed by atoms with E-state index in [-0.39, 0.29) is 12.0 Å². The Hall–Kier alpha value is -0.570. The number of rotatable bonds is 6. The molecule has 1 atom stereocenters. The highest BCUT2D eigenvalue weighted by atomic mass is 16.5. The van der Waals surface area contributed by atoms with Crippen molar-refractivity contribution in [1.29, 1.82) is 0 Å². The molecule has 0 bridgehead atoms. The van der Waals surface area contributed by atoms with Crippen LogP contribution in [-0.4, -0.2) is 24.7 Å². The molecule has 76 valence electrons. The zero-order valence-electron chi connectivity index (χ0n) is 8.51. The molecule has 1 rings (SSSR count). The number of esters is 1. The lowest BCUT2D eigenvalue weighted by molar-refractivity contribution is -0.145. The van der Waals surface area contributed by atoms with Gasteiger partial charge >= 0.3 is 5.97 Å². The van der Waals surface area contributed by atoms with Gasteiger partial charge in [-0.25, -0.2) is 0 Å². The van der Waals surface area contributed by atoms with Crippen molar-refractivity contribution in [3.63, 3.8) is 0 Å². The predicted molar refractivity (Wildman–Crippen MR) is 51.5 cm³/mol. The molecule has 0 aromatic heterocycles. The molecule has 0 aromatic rings. The fourth-order valence-electron chi connectivity index (χ4n) is 1.34. The van der Waals surface area contributed by atoms with E-state index in [1.54, 1.807) is 0 Å². The Morgan fingerprint density at radius 1 is 1.54 bits per heavy atom. The molecule has 0 spiro atoms. The molecule has 1 aliphatic carbocycles. The van der Waals surface area contributed by atoms with Crippen LogP contribution in [0.3, 0.4) is 0 Å². The number of nitrogens with one attached hydrogen (secondary N) is 1. The van der Waals surface area contributed by atoms with E-state index in [9.17, 15) is 4.79 Å². The van der Waals surface area contributed by atoms with Crippen LogP contribution in [-0.2, 0) is 9.53 Å². The summed E-state index contributed by atoms with van der Waals surface area (Å²) in [6, 6.07) is 0.499. The number of hydrogen-bond acceptors (Lipinski definition) is 3. The van der Waals surface area contributed by atoms with E-state index in [0.29, 0.717) is 12.6 Å². The van der Waals surface area contributed by atoms with E-state index in [2.05, 4.69) is 12.2 Å². The van der Waals surface area contributed by atoms with Gasteiger partial charge in [-0.1, -0.05) is 13.3 Å². The topological polar surface area (TPSA) is 38.3 Å². The van der Waals surface area contributed by atoms with Gasteiger partial charge in [-0.3, -0.25) is 4.79 Å². The van der Waals surface area contributed by atoms with E-state index >= 15 is 0 Å². The van der Waals surface area contributed by atoms with Crippen molar-refractivity contribution in [1.82, 2.24) is 5.32 Å². The first-order chi connectivity index (χ1) is 6.27. The highest BCUT2D eigenvalue weighted by Crippen LogP contribution is 2.20. The summed E-state index contributed by atoms with van der Waals surface area (Å²) >= 11 is 0. The molecule has 0 radical (unpaired) electrons. The van der Waals surface area contributed by atoms with Crippen LogP contribution < -0.4 is 5.32 Å². The molecular formula is C10H19NO2. The lowest BCUT2D eigenvalue weighted by Gasteiger charge is -2.15. The minimum absolute atomic E-state index is 0.0718. The second kappa shape index (κ2) is 5.22. The largest absolute Gasteiger partial charge is 0.465 e. The molecule has 1 aliphatic rings. The Balaban J connectivity index is 2.29. The number of carbonyl (C=O) groups is 1. The Kier molecular flexibility index (Phi) is 4.22. The summed E-state index contributed by atoms with van der Waals surface area (Å²) in [5, 5.41) is 3.30. The summed E-state index contributed by atoms with van der Waals surface area (Å²) in [6.45, 7) is 4.41. The molecular weight excluding hydrogens is 166 g/mol. The third-order valence-electron chi connectivity index (χ3n) is 2.16. The van der Waals surface area contributed by atoms with E-state index in [1.165, 1.54) is 12.8 Å². The van der Waals surface area contributed by atoms with Crippen molar-refractivity contribution in [2.45, 2.75) is 51.6 Å². The fourth-order valence-corrected chi connectivity index (χ4v) is 1.34. The first kappa shape index (κ1) is 10.5. The highest BCUT2D eigenvalue weighted by molar-refractivity contribution is 5.75. The zero-order valence-corrected chi connectivity index (χ0v) is 8.51. The maximum Gasteiger partial charge on any atom is 0.323 e. The normalized spacial score (nSPS) is 18.3.